The van der Waals surface area contributed by atoms with E-state index in [-0.39, 0.29) is 12.4 Å². The van der Waals surface area contributed by atoms with Crippen LogP contribution in [0.3, 0.4) is 0 Å². The van der Waals surface area contributed by atoms with Crippen LogP contribution < -0.4 is 4.90 Å². The van der Waals surface area contributed by atoms with Crippen molar-refractivity contribution in [1.82, 2.24) is 4.98 Å². The molecule has 2 heterocycles. The lowest BCUT2D eigenvalue weighted by molar-refractivity contribution is -0.0326. The van der Waals surface area contributed by atoms with Gasteiger partial charge in [0.15, 0.2) is 5.82 Å². The van der Waals surface area contributed by atoms with Crippen molar-refractivity contribution >= 4 is 5.69 Å². The fourth-order valence-corrected chi connectivity index (χ4v) is 1.95. The Balaban J connectivity index is 2.07. The largest absolute Gasteiger partial charge is 0.393 e. The molecule has 1 aliphatic heterocycles. The predicted octanol–water partition coefficient (Wildman–Crippen LogP) is 0.544. The Morgan fingerprint density at radius 1 is 1.44 bits per heavy atom. The molecule has 2 rings (SSSR count). The zero-order valence-corrected chi connectivity index (χ0v) is 8.93. The van der Waals surface area contributed by atoms with Crippen LogP contribution in [0.5, 0.6) is 0 Å². The molecule has 1 saturated heterocycles. The Hall–Kier alpha value is -1.20. The van der Waals surface area contributed by atoms with Gasteiger partial charge in [-0.1, -0.05) is 0 Å². The van der Waals surface area contributed by atoms with Gasteiger partial charge in [0, 0.05) is 19.3 Å². The van der Waals surface area contributed by atoms with Gasteiger partial charge in [0.25, 0.3) is 0 Å². The molecule has 16 heavy (non-hydrogen) atoms. The molecule has 0 atom stereocenters. The highest BCUT2D eigenvalue weighted by Gasteiger charge is 2.32. The molecule has 0 saturated carbocycles. The van der Waals surface area contributed by atoms with Gasteiger partial charge in [-0.3, -0.25) is 4.98 Å². The topological polar surface area (TPSA) is 56.6 Å². The molecule has 0 bridgehead atoms. The average Bonchev–Trinajstić information content (AvgIpc) is 2.31. The Kier molecular flexibility index (Phi) is 3.07. The number of aliphatic hydroxyl groups excluding tert-OH is 1. The number of hydrogen-bond donors (Lipinski definition) is 2. The maximum Gasteiger partial charge on any atom is 0.164 e. The number of rotatable bonds is 2. The number of halogens is 1. The van der Waals surface area contributed by atoms with Crippen LogP contribution in [-0.4, -0.2) is 40.5 Å². The quantitative estimate of drug-likeness (QED) is 0.773. The van der Waals surface area contributed by atoms with Crippen molar-refractivity contribution in [2.24, 2.45) is 0 Å². The molecule has 0 unspecified atom stereocenters. The summed E-state index contributed by atoms with van der Waals surface area (Å²) in [6.45, 7) is 0.843. The van der Waals surface area contributed by atoms with E-state index < -0.39 is 5.60 Å². The fourth-order valence-electron chi connectivity index (χ4n) is 1.95. The second-order valence-corrected chi connectivity index (χ2v) is 4.20. The first kappa shape index (κ1) is 11.3. The minimum atomic E-state index is -1.000. The van der Waals surface area contributed by atoms with Gasteiger partial charge in [-0.15, -0.1) is 0 Å². The van der Waals surface area contributed by atoms with Crippen molar-refractivity contribution in [3.8, 4) is 0 Å². The maximum atomic E-state index is 13.4. The molecule has 0 spiro atoms. The lowest BCUT2D eigenvalue weighted by Gasteiger charge is -2.38. The van der Waals surface area contributed by atoms with E-state index in [9.17, 15) is 9.50 Å². The van der Waals surface area contributed by atoms with E-state index in [0.717, 1.165) is 0 Å². The maximum absolute atomic E-state index is 13.4. The van der Waals surface area contributed by atoms with Gasteiger partial charge in [-0.2, -0.15) is 0 Å². The van der Waals surface area contributed by atoms with E-state index in [1.54, 1.807) is 12.3 Å². The van der Waals surface area contributed by atoms with Gasteiger partial charge in [0.05, 0.1) is 24.1 Å². The molecule has 4 nitrogen and oxygen atoms in total. The minimum Gasteiger partial charge on any atom is -0.393 e. The van der Waals surface area contributed by atoms with E-state index in [4.69, 9.17) is 5.11 Å². The second kappa shape index (κ2) is 4.35. The Bertz CT molecular complexity index is 365. The third-order valence-electron chi connectivity index (χ3n) is 3.08. The Morgan fingerprint density at radius 2 is 2.12 bits per heavy atom. The normalized spacial score (nSPS) is 19.8. The van der Waals surface area contributed by atoms with Crippen molar-refractivity contribution in [2.45, 2.75) is 18.4 Å². The first-order chi connectivity index (χ1) is 7.64. The smallest absolute Gasteiger partial charge is 0.164 e. The monoisotopic (exact) mass is 226 g/mol. The number of hydrogen-bond acceptors (Lipinski definition) is 4. The number of piperidine rings is 1. The number of anilines is 1. The highest BCUT2D eigenvalue weighted by atomic mass is 19.1. The van der Waals surface area contributed by atoms with Gasteiger partial charge in [-0.25, -0.2) is 4.39 Å². The lowest BCUT2D eigenvalue weighted by atomic mass is 9.92. The van der Waals surface area contributed by atoms with Crippen LogP contribution >= 0.6 is 0 Å². The fraction of sp³-hybridized carbons (Fsp3) is 0.545. The standard InChI is InChI=1S/C11H15FN2O2/c12-9-7-13-4-1-10(9)14-5-2-11(16,8-15)3-6-14/h1,4,7,15-16H,2-3,5-6,8H2. The zero-order chi connectivity index (χ0) is 11.6. The third-order valence-corrected chi connectivity index (χ3v) is 3.08. The number of pyridine rings is 1. The van der Waals surface area contributed by atoms with Crippen LogP contribution in [0.25, 0.3) is 0 Å². The van der Waals surface area contributed by atoms with Crippen LogP contribution in [-0.2, 0) is 0 Å². The number of aromatic nitrogens is 1. The van der Waals surface area contributed by atoms with E-state index in [1.165, 1.54) is 6.20 Å². The van der Waals surface area contributed by atoms with Crippen molar-refractivity contribution in [1.29, 1.82) is 0 Å². The molecule has 1 aromatic heterocycles. The lowest BCUT2D eigenvalue weighted by Crippen LogP contribution is -2.46. The Morgan fingerprint density at radius 3 is 2.69 bits per heavy atom. The van der Waals surface area contributed by atoms with Crippen LogP contribution in [0.15, 0.2) is 18.5 Å². The highest BCUT2D eigenvalue weighted by molar-refractivity contribution is 5.46. The molecule has 1 aliphatic rings. The first-order valence-electron chi connectivity index (χ1n) is 5.32. The molecule has 88 valence electrons. The minimum absolute atomic E-state index is 0.236. The summed E-state index contributed by atoms with van der Waals surface area (Å²) in [5.74, 6) is -0.350. The summed E-state index contributed by atoms with van der Waals surface area (Å²) in [6, 6.07) is 1.62. The summed E-state index contributed by atoms with van der Waals surface area (Å²) in [4.78, 5) is 5.56. The molecule has 0 aromatic carbocycles. The molecule has 0 aliphatic carbocycles. The van der Waals surface area contributed by atoms with Crippen LogP contribution in [0.4, 0.5) is 10.1 Å². The molecule has 0 radical (unpaired) electrons. The summed E-state index contributed by atoms with van der Waals surface area (Å²) >= 11 is 0. The van der Waals surface area contributed by atoms with Crippen molar-refractivity contribution < 1.29 is 14.6 Å². The second-order valence-electron chi connectivity index (χ2n) is 4.20. The summed E-state index contributed by atoms with van der Waals surface area (Å²) in [5, 5.41) is 18.8. The summed E-state index contributed by atoms with van der Waals surface area (Å²) in [5.41, 5.74) is -0.491. The van der Waals surface area contributed by atoms with Crippen LogP contribution in [0.2, 0.25) is 0 Å². The van der Waals surface area contributed by atoms with Gasteiger partial charge < -0.3 is 15.1 Å². The number of nitrogens with zero attached hydrogens (tertiary/aromatic N) is 2. The van der Waals surface area contributed by atoms with Gasteiger partial charge in [0.1, 0.15) is 0 Å². The van der Waals surface area contributed by atoms with Crippen LogP contribution in [0.1, 0.15) is 12.8 Å². The molecule has 2 N–H and O–H groups in total. The summed E-state index contributed by atoms with van der Waals surface area (Å²) < 4.78 is 13.4. The Labute approximate surface area is 93.3 Å². The van der Waals surface area contributed by atoms with Crippen molar-refractivity contribution in [3.05, 3.63) is 24.3 Å². The molecule has 5 heteroatoms. The highest BCUT2D eigenvalue weighted by Crippen LogP contribution is 2.27. The van der Waals surface area contributed by atoms with E-state index in [0.29, 0.717) is 31.6 Å². The predicted molar refractivity (Wildman–Crippen MR) is 57.7 cm³/mol. The molecule has 0 amide bonds. The first-order valence-corrected chi connectivity index (χ1v) is 5.32. The van der Waals surface area contributed by atoms with Gasteiger partial charge in [-0.05, 0) is 18.9 Å². The summed E-state index contributed by atoms with van der Waals surface area (Å²) in [7, 11) is 0. The zero-order valence-electron chi connectivity index (χ0n) is 8.93. The van der Waals surface area contributed by atoms with E-state index in [1.807, 2.05) is 4.90 Å². The van der Waals surface area contributed by atoms with Gasteiger partial charge >= 0.3 is 0 Å². The molecule has 1 fully saturated rings. The molecular formula is C11H15FN2O2. The summed E-state index contributed by atoms with van der Waals surface area (Å²) in [6.07, 6.45) is 3.63. The van der Waals surface area contributed by atoms with E-state index >= 15 is 0 Å². The molecule has 1 aromatic rings. The third kappa shape index (κ3) is 2.15. The average molecular weight is 226 g/mol. The van der Waals surface area contributed by atoms with Gasteiger partial charge in [0.2, 0.25) is 0 Å². The SMILES string of the molecule is OCC1(O)CCN(c2ccncc2F)CC1. The molecular weight excluding hydrogens is 211 g/mol. The number of aliphatic hydroxyl groups is 2. The van der Waals surface area contributed by atoms with Crippen molar-refractivity contribution in [2.75, 3.05) is 24.6 Å². The van der Waals surface area contributed by atoms with Crippen LogP contribution in [0, 0.1) is 5.82 Å². The van der Waals surface area contributed by atoms with Crippen molar-refractivity contribution in [3.63, 3.8) is 0 Å². The van der Waals surface area contributed by atoms with E-state index in [2.05, 4.69) is 4.98 Å².